The van der Waals surface area contributed by atoms with E-state index in [1.54, 1.807) is 28.8 Å². The topological polar surface area (TPSA) is 108 Å². The van der Waals surface area contributed by atoms with E-state index in [2.05, 4.69) is 14.9 Å². The van der Waals surface area contributed by atoms with Crippen molar-refractivity contribution in [2.75, 3.05) is 20.5 Å². The Hall–Kier alpha value is -2.85. The van der Waals surface area contributed by atoms with Crippen molar-refractivity contribution < 1.29 is 22.3 Å². The second-order valence-electron chi connectivity index (χ2n) is 5.79. The van der Waals surface area contributed by atoms with E-state index < -0.39 is 10.0 Å². The molecule has 2 heterocycles. The molecule has 2 aromatic heterocycles. The van der Waals surface area contributed by atoms with E-state index in [4.69, 9.17) is 13.9 Å². The molecule has 0 radical (unpaired) electrons. The van der Waals surface area contributed by atoms with Crippen LogP contribution in [0.3, 0.4) is 0 Å². The summed E-state index contributed by atoms with van der Waals surface area (Å²) in [6.45, 7) is 1.76. The molecular formula is C17H20N4O5S. The number of benzene rings is 1. The summed E-state index contributed by atoms with van der Waals surface area (Å²) in [6.07, 6.45) is 1.08. The minimum Gasteiger partial charge on any atom is -0.494 e. The summed E-state index contributed by atoms with van der Waals surface area (Å²) < 4.78 is 43.8. The van der Waals surface area contributed by atoms with Crippen LogP contribution in [0.5, 0.6) is 11.5 Å². The first kappa shape index (κ1) is 18.9. The van der Waals surface area contributed by atoms with Crippen LogP contribution in [0.15, 0.2) is 34.7 Å². The van der Waals surface area contributed by atoms with Gasteiger partial charge in [-0.15, -0.1) is 10.2 Å². The van der Waals surface area contributed by atoms with Gasteiger partial charge in [-0.25, -0.2) is 13.1 Å². The number of aryl methyl sites for hydroxylation is 1. The number of rotatable bonds is 7. The second-order valence-corrected chi connectivity index (χ2v) is 7.62. The van der Waals surface area contributed by atoms with E-state index >= 15 is 0 Å². The lowest BCUT2D eigenvalue weighted by molar-refractivity contribution is 0.390. The van der Waals surface area contributed by atoms with Crippen molar-refractivity contribution in [3.63, 3.8) is 0 Å². The van der Waals surface area contributed by atoms with Gasteiger partial charge in [0.05, 0.1) is 27.0 Å². The highest BCUT2D eigenvalue weighted by Crippen LogP contribution is 2.36. The van der Waals surface area contributed by atoms with Crippen LogP contribution in [-0.2, 0) is 16.6 Å². The Balaban J connectivity index is 2.24. The largest absolute Gasteiger partial charge is 0.494 e. The minimum absolute atomic E-state index is 0.0628. The standard InChI is InChI=1S/C17H20N4O5S/c1-11-8-9-14(26-11)17-20-19-15(10-18-27(4,22)23)21(17)16-12(24-2)6-5-7-13(16)25-3/h5-9,18H,10H2,1-4H3. The van der Waals surface area contributed by atoms with Crippen LogP contribution >= 0.6 is 0 Å². The van der Waals surface area contributed by atoms with Gasteiger partial charge >= 0.3 is 0 Å². The average molecular weight is 392 g/mol. The lowest BCUT2D eigenvalue weighted by atomic mass is 10.2. The van der Waals surface area contributed by atoms with Gasteiger partial charge in [0.25, 0.3) is 0 Å². The van der Waals surface area contributed by atoms with E-state index in [-0.39, 0.29) is 6.54 Å². The highest BCUT2D eigenvalue weighted by molar-refractivity contribution is 7.88. The zero-order chi connectivity index (χ0) is 19.6. The van der Waals surface area contributed by atoms with Crippen LogP contribution < -0.4 is 14.2 Å². The van der Waals surface area contributed by atoms with Gasteiger partial charge in [0, 0.05) is 0 Å². The van der Waals surface area contributed by atoms with Gasteiger partial charge in [0.1, 0.15) is 22.9 Å². The number of nitrogens with one attached hydrogen (secondary N) is 1. The second kappa shape index (κ2) is 7.41. The SMILES string of the molecule is COc1cccc(OC)c1-n1c(CNS(C)(=O)=O)nnc1-c1ccc(C)o1. The van der Waals surface area contributed by atoms with Gasteiger partial charge in [-0.2, -0.15) is 0 Å². The van der Waals surface area contributed by atoms with Crippen LogP contribution in [0, 0.1) is 6.92 Å². The predicted octanol–water partition coefficient (Wildman–Crippen LogP) is 1.90. The third kappa shape index (κ3) is 3.96. The molecule has 10 heteroatoms. The van der Waals surface area contributed by atoms with Crippen molar-refractivity contribution in [1.29, 1.82) is 0 Å². The van der Waals surface area contributed by atoms with Crippen LogP contribution in [0.1, 0.15) is 11.6 Å². The van der Waals surface area contributed by atoms with Crippen molar-refractivity contribution in [2.24, 2.45) is 0 Å². The summed E-state index contributed by atoms with van der Waals surface area (Å²) >= 11 is 0. The Morgan fingerprint density at radius 1 is 1.11 bits per heavy atom. The molecule has 144 valence electrons. The molecule has 0 unspecified atom stereocenters. The zero-order valence-electron chi connectivity index (χ0n) is 15.4. The Labute approximate surface area is 157 Å². The fourth-order valence-electron chi connectivity index (χ4n) is 2.63. The lowest BCUT2D eigenvalue weighted by Gasteiger charge is -2.16. The molecule has 0 amide bonds. The maximum absolute atomic E-state index is 11.5. The number of sulfonamides is 1. The summed E-state index contributed by atoms with van der Waals surface area (Å²) in [5.74, 6) is 2.97. The van der Waals surface area contributed by atoms with E-state index in [0.29, 0.717) is 40.4 Å². The molecule has 0 atom stereocenters. The van der Waals surface area contributed by atoms with Crippen LogP contribution in [-0.4, -0.2) is 43.7 Å². The van der Waals surface area contributed by atoms with Crippen LogP contribution in [0.25, 0.3) is 17.3 Å². The predicted molar refractivity (Wildman–Crippen MR) is 98.6 cm³/mol. The third-order valence-corrected chi connectivity index (χ3v) is 4.48. The molecule has 3 rings (SSSR count). The van der Waals surface area contributed by atoms with Crippen LogP contribution in [0.4, 0.5) is 0 Å². The van der Waals surface area contributed by atoms with E-state index in [1.807, 2.05) is 13.0 Å². The minimum atomic E-state index is -3.42. The van der Waals surface area contributed by atoms with Crippen molar-refractivity contribution in [3.8, 4) is 28.8 Å². The summed E-state index contributed by atoms with van der Waals surface area (Å²) in [4.78, 5) is 0. The summed E-state index contributed by atoms with van der Waals surface area (Å²) in [6, 6.07) is 8.90. The van der Waals surface area contributed by atoms with Gasteiger partial charge in [0.15, 0.2) is 11.6 Å². The molecule has 0 aliphatic heterocycles. The molecule has 0 aliphatic carbocycles. The zero-order valence-corrected chi connectivity index (χ0v) is 16.2. The summed E-state index contributed by atoms with van der Waals surface area (Å²) in [5, 5.41) is 8.35. The van der Waals surface area contributed by atoms with Gasteiger partial charge < -0.3 is 13.9 Å². The number of methoxy groups -OCH3 is 2. The Morgan fingerprint density at radius 3 is 2.30 bits per heavy atom. The Bertz CT molecular complexity index is 1030. The molecular weight excluding hydrogens is 372 g/mol. The summed E-state index contributed by atoms with van der Waals surface area (Å²) in [7, 11) is -0.350. The molecule has 0 saturated heterocycles. The van der Waals surface area contributed by atoms with E-state index in [1.165, 1.54) is 14.2 Å². The number of furan rings is 1. The van der Waals surface area contributed by atoms with Crippen molar-refractivity contribution in [3.05, 3.63) is 41.9 Å². The van der Waals surface area contributed by atoms with Gasteiger partial charge in [0.2, 0.25) is 15.8 Å². The molecule has 0 saturated carbocycles. The fourth-order valence-corrected chi connectivity index (χ4v) is 3.02. The maximum atomic E-state index is 11.5. The highest BCUT2D eigenvalue weighted by atomic mass is 32.2. The maximum Gasteiger partial charge on any atom is 0.209 e. The molecule has 3 aromatic rings. The van der Waals surface area contributed by atoms with Crippen molar-refractivity contribution in [1.82, 2.24) is 19.5 Å². The molecule has 27 heavy (non-hydrogen) atoms. The van der Waals surface area contributed by atoms with Gasteiger partial charge in [-0.1, -0.05) is 6.07 Å². The molecule has 1 aromatic carbocycles. The van der Waals surface area contributed by atoms with E-state index in [9.17, 15) is 8.42 Å². The summed E-state index contributed by atoms with van der Waals surface area (Å²) in [5.41, 5.74) is 0.543. The van der Waals surface area contributed by atoms with Crippen LogP contribution in [0.2, 0.25) is 0 Å². The number of hydrogen-bond donors (Lipinski definition) is 1. The smallest absolute Gasteiger partial charge is 0.209 e. The van der Waals surface area contributed by atoms with Crippen molar-refractivity contribution in [2.45, 2.75) is 13.5 Å². The highest BCUT2D eigenvalue weighted by Gasteiger charge is 2.24. The average Bonchev–Trinajstić information content (AvgIpc) is 3.24. The fraction of sp³-hybridized carbons (Fsp3) is 0.294. The number of aromatic nitrogens is 3. The molecule has 1 N–H and O–H groups in total. The molecule has 0 spiro atoms. The number of ether oxygens (including phenoxy) is 2. The van der Waals surface area contributed by atoms with Gasteiger partial charge in [-0.05, 0) is 31.2 Å². The third-order valence-electron chi connectivity index (χ3n) is 3.81. The number of hydrogen-bond acceptors (Lipinski definition) is 7. The number of nitrogens with zero attached hydrogens (tertiary/aromatic N) is 3. The first-order valence-corrected chi connectivity index (χ1v) is 9.90. The first-order valence-electron chi connectivity index (χ1n) is 8.01. The van der Waals surface area contributed by atoms with E-state index in [0.717, 1.165) is 6.26 Å². The quantitative estimate of drug-likeness (QED) is 0.654. The lowest BCUT2D eigenvalue weighted by Crippen LogP contribution is -2.23. The Morgan fingerprint density at radius 2 is 1.78 bits per heavy atom. The molecule has 9 nitrogen and oxygen atoms in total. The monoisotopic (exact) mass is 392 g/mol. The first-order chi connectivity index (χ1) is 12.8. The normalized spacial score (nSPS) is 11.6. The molecule has 0 bridgehead atoms. The van der Waals surface area contributed by atoms with Gasteiger partial charge in [-0.3, -0.25) is 4.57 Å². The molecule has 0 aliphatic rings. The Kier molecular flexibility index (Phi) is 5.19. The van der Waals surface area contributed by atoms with Crippen molar-refractivity contribution >= 4 is 10.0 Å². The number of para-hydroxylation sites is 1. The molecule has 0 fully saturated rings.